The van der Waals surface area contributed by atoms with Crippen LogP contribution >= 0.6 is 0 Å². The van der Waals surface area contributed by atoms with E-state index >= 15 is 0 Å². The average Bonchev–Trinajstić information content (AvgIpc) is 2.49. The molecule has 1 aromatic rings. The van der Waals surface area contributed by atoms with Crippen LogP contribution in [0.4, 0.5) is 10.2 Å². The molecule has 1 saturated heterocycles. The molecule has 0 radical (unpaired) electrons. The van der Waals surface area contributed by atoms with Crippen molar-refractivity contribution in [2.24, 2.45) is 5.92 Å². The van der Waals surface area contributed by atoms with Gasteiger partial charge in [-0.05, 0) is 45.0 Å². The number of carbonyl (C=O) groups excluding carboxylic acids is 1. The van der Waals surface area contributed by atoms with Crippen LogP contribution in [0.5, 0.6) is 0 Å². The van der Waals surface area contributed by atoms with E-state index in [-0.39, 0.29) is 17.3 Å². The van der Waals surface area contributed by atoms with Crippen LogP contribution < -0.4 is 5.32 Å². The predicted molar refractivity (Wildman–Crippen MR) is 80.9 cm³/mol. The maximum atomic E-state index is 14.1. The van der Waals surface area contributed by atoms with Crippen molar-refractivity contribution in [2.75, 3.05) is 46.1 Å². The molecule has 1 N–H and O–H groups in total. The molecular weight excluding hydrogens is 271 g/mol. The number of halogens is 1. The molecule has 1 amide bonds. The third-order valence-corrected chi connectivity index (χ3v) is 4.07. The summed E-state index contributed by atoms with van der Waals surface area (Å²) in [5.41, 5.74) is 0.0739. The number of likely N-dealkylation sites (tertiary alicyclic amines) is 1. The Morgan fingerprint density at radius 2 is 2.19 bits per heavy atom. The lowest BCUT2D eigenvalue weighted by molar-refractivity contribution is 0.0742. The van der Waals surface area contributed by atoms with Crippen molar-refractivity contribution in [3.63, 3.8) is 0 Å². The van der Waals surface area contributed by atoms with Gasteiger partial charge >= 0.3 is 0 Å². The van der Waals surface area contributed by atoms with E-state index in [4.69, 9.17) is 0 Å². The van der Waals surface area contributed by atoms with Crippen molar-refractivity contribution in [1.29, 1.82) is 0 Å². The lowest BCUT2D eigenvalue weighted by Gasteiger charge is -2.31. The number of amides is 1. The number of anilines is 1. The van der Waals surface area contributed by atoms with Gasteiger partial charge in [0.25, 0.3) is 5.91 Å². The van der Waals surface area contributed by atoms with E-state index in [1.54, 1.807) is 19.0 Å². The lowest BCUT2D eigenvalue weighted by atomic mass is 9.96. The van der Waals surface area contributed by atoms with Crippen molar-refractivity contribution in [2.45, 2.75) is 12.8 Å². The van der Waals surface area contributed by atoms with Gasteiger partial charge in [0.15, 0.2) is 11.6 Å². The molecule has 21 heavy (non-hydrogen) atoms. The third kappa shape index (κ3) is 3.69. The number of nitrogens with zero attached hydrogens (tertiary/aromatic N) is 3. The summed E-state index contributed by atoms with van der Waals surface area (Å²) in [5, 5.41) is 2.65. The molecule has 116 valence electrons. The Morgan fingerprint density at radius 1 is 1.52 bits per heavy atom. The highest BCUT2D eigenvalue weighted by Gasteiger charge is 2.23. The number of carbonyl (C=O) groups is 1. The second-order valence-electron chi connectivity index (χ2n) is 5.70. The molecule has 0 unspecified atom stereocenters. The molecule has 6 heteroatoms. The molecule has 0 bridgehead atoms. The van der Waals surface area contributed by atoms with Crippen LogP contribution in [0, 0.1) is 11.7 Å². The quantitative estimate of drug-likeness (QED) is 0.918. The fourth-order valence-corrected chi connectivity index (χ4v) is 2.70. The van der Waals surface area contributed by atoms with Crippen molar-refractivity contribution in [3.8, 4) is 0 Å². The van der Waals surface area contributed by atoms with Gasteiger partial charge in [-0.3, -0.25) is 4.79 Å². The number of aromatic nitrogens is 1. The Bertz CT molecular complexity index is 500. The van der Waals surface area contributed by atoms with Crippen LogP contribution in [0.1, 0.15) is 23.2 Å². The Balaban J connectivity index is 2.02. The molecule has 2 heterocycles. The number of hydrogen-bond donors (Lipinski definition) is 1. The number of rotatable bonds is 4. The van der Waals surface area contributed by atoms with Gasteiger partial charge in [-0.1, -0.05) is 0 Å². The number of hydrogen-bond acceptors (Lipinski definition) is 4. The fourth-order valence-electron chi connectivity index (χ4n) is 2.70. The fraction of sp³-hybridized carbons (Fsp3) is 0.600. The summed E-state index contributed by atoms with van der Waals surface area (Å²) in [4.78, 5) is 20.2. The molecule has 1 fully saturated rings. The number of piperidine rings is 1. The molecule has 0 atom stereocenters. The first-order valence-electron chi connectivity index (χ1n) is 7.29. The Hall–Kier alpha value is -1.69. The monoisotopic (exact) mass is 294 g/mol. The molecule has 0 aliphatic carbocycles. The molecule has 2 rings (SSSR count). The molecule has 0 spiro atoms. The SMILES string of the molecule is CNc1nccc(C(=O)N(C)CC2CCN(C)CC2)c1F. The van der Waals surface area contributed by atoms with Gasteiger partial charge in [0, 0.05) is 26.8 Å². The average molecular weight is 294 g/mol. The standard InChI is InChI=1S/C15H23FN4O/c1-17-14-13(16)12(4-7-18-14)15(21)20(3)10-11-5-8-19(2)9-6-11/h4,7,11H,5-6,8-10H2,1-3H3,(H,17,18). The molecule has 5 nitrogen and oxygen atoms in total. The Kier molecular flexibility index (Phi) is 5.12. The van der Waals surface area contributed by atoms with E-state index in [0.29, 0.717) is 12.5 Å². The van der Waals surface area contributed by atoms with Gasteiger partial charge in [-0.2, -0.15) is 0 Å². The summed E-state index contributed by atoms with van der Waals surface area (Å²) >= 11 is 0. The minimum absolute atomic E-state index is 0.0739. The second kappa shape index (κ2) is 6.85. The van der Waals surface area contributed by atoms with Crippen LogP contribution in [0.2, 0.25) is 0 Å². The van der Waals surface area contributed by atoms with E-state index in [1.807, 2.05) is 0 Å². The Morgan fingerprint density at radius 3 is 2.81 bits per heavy atom. The van der Waals surface area contributed by atoms with Gasteiger partial charge in [0.05, 0.1) is 5.56 Å². The zero-order chi connectivity index (χ0) is 15.4. The molecule has 0 aromatic carbocycles. The summed E-state index contributed by atoms with van der Waals surface area (Å²) in [6.07, 6.45) is 3.61. The van der Waals surface area contributed by atoms with Gasteiger partial charge < -0.3 is 15.1 Å². The summed E-state index contributed by atoms with van der Waals surface area (Å²) in [6, 6.07) is 1.43. The van der Waals surface area contributed by atoms with Crippen LogP contribution in [-0.2, 0) is 0 Å². The van der Waals surface area contributed by atoms with E-state index < -0.39 is 5.82 Å². The predicted octanol–water partition coefficient (Wildman–Crippen LogP) is 1.68. The minimum Gasteiger partial charge on any atom is -0.371 e. The van der Waals surface area contributed by atoms with Gasteiger partial charge in [0.1, 0.15) is 0 Å². The summed E-state index contributed by atoms with van der Waals surface area (Å²) in [6.45, 7) is 2.78. The van der Waals surface area contributed by atoms with E-state index in [1.165, 1.54) is 12.3 Å². The normalized spacial score (nSPS) is 16.8. The summed E-state index contributed by atoms with van der Waals surface area (Å²) in [5.74, 6) is -0.275. The highest BCUT2D eigenvalue weighted by molar-refractivity contribution is 5.95. The van der Waals surface area contributed by atoms with Crippen molar-refractivity contribution < 1.29 is 9.18 Å². The maximum Gasteiger partial charge on any atom is 0.256 e. The van der Waals surface area contributed by atoms with Crippen molar-refractivity contribution >= 4 is 11.7 Å². The first kappa shape index (κ1) is 15.7. The second-order valence-corrected chi connectivity index (χ2v) is 5.70. The molecular formula is C15H23FN4O. The Labute approximate surface area is 125 Å². The first-order chi connectivity index (χ1) is 10.0. The van der Waals surface area contributed by atoms with E-state index in [9.17, 15) is 9.18 Å². The maximum absolute atomic E-state index is 14.1. The topological polar surface area (TPSA) is 48.5 Å². The van der Waals surface area contributed by atoms with Crippen molar-refractivity contribution in [1.82, 2.24) is 14.8 Å². The van der Waals surface area contributed by atoms with E-state index in [0.717, 1.165) is 25.9 Å². The van der Waals surface area contributed by atoms with Gasteiger partial charge in [-0.25, -0.2) is 9.37 Å². The van der Waals surface area contributed by atoms with Crippen LogP contribution in [-0.4, -0.2) is 61.5 Å². The first-order valence-corrected chi connectivity index (χ1v) is 7.29. The molecule has 0 saturated carbocycles. The number of pyridine rings is 1. The molecule has 1 aromatic heterocycles. The van der Waals surface area contributed by atoms with Crippen LogP contribution in [0.3, 0.4) is 0 Å². The minimum atomic E-state index is -0.583. The summed E-state index contributed by atoms with van der Waals surface area (Å²) in [7, 11) is 5.43. The molecule has 1 aliphatic heterocycles. The smallest absolute Gasteiger partial charge is 0.256 e. The van der Waals surface area contributed by atoms with Crippen LogP contribution in [0.15, 0.2) is 12.3 Å². The zero-order valence-electron chi connectivity index (χ0n) is 12.9. The van der Waals surface area contributed by atoms with Crippen molar-refractivity contribution in [3.05, 3.63) is 23.6 Å². The summed E-state index contributed by atoms with van der Waals surface area (Å²) < 4.78 is 14.1. The highest BCUT2D eigenvalue weighted by atomic mass is 19.1. The molecule has 1 aliphatic rings. The third-order valence-electron chi connectivity index (χ3n) is 4.07. The lowest BCUT2D eigenvalue weighted by Crippen LogP contribution is -2.38. The largest absolute Gasteiger partial charge is 0.371 e. The van der Waals surface area contributed by atoms with E-state index in [2.05, 4.69) is 22.2 Å². The number of nitrogens with one attached hydrogen (secondary N) is 1. The zero-order valence-corrected chi connectivity index (χ0v) is 12.9. The van der Waals surface area contributed by atoms with Crippen LogP contribution in [0.25, 0.3) is 0 Å². The van der Waals surface area contributed by atoms with Gasteiger partial charge in [-0.15, -0.1) is 0 Å². The highest BCUT2D eigenvalue weighted by Crippen LogP contribution is 2.20. The van der Waals surface area contributed by atoms with Gasteiger partial charge in [0.2, 0.25) is 0 Å².